The van der Waals surface area contributed by atoms with Gasteiger partial charge in [0.2, 0.25) is 0 Å². The number of hydrogen-bond donors (Lipinski definition) is 1. The van der Waals surface area contributed by atoms with E-state index in [2.05, 4.69) is 122 Å². The predicted molar refractivity (Wildman–Crippen MR) is 283 cm³/mol. The second kappa shape index (κ2) is 18.6. The molecular weight excluding hydrogens is 827 g/mol. The lowest BCUT2D eigenvalue weighted by Crippen LogP contribution is -2.11. The molecule has 0 atom stereocenters. The number of para-hydroxylation sites is 2. The van der Waals surface area contributed by atoms with Gasteiger partial charge in [0.1, 0.15) is 11.6 Å². The normalized spacial score (nSPS) is 15.4. The number of fused-ring (bicyclic) bond motifs is 1. The van der Waals surface area contributed by atoms with Crippen molar-refractivity contribution in [1.29, 1.82) is 0 Å². The molecule has 1 N–H and O–H groups in total. The largest absolute Gasteiger partial charge is 0.507 e. The Balaban J connectivity index is 1.10. The quantitative estimate of drug-likeness (QED) is 0.149. The van der Waals surface area contributed by atoms with E-state index in [1.807, 2.05) is 79.0 Å². The zero-order valence-corrected chi connectivity index (χ0v) is 39.6. The molecule has 4 nitrogen and oxygen atoms in total. The van der Waals surface area contributed by atoms with Crippen molar-refractivity contribution in [3.63, 3.8) is 0 Å². The van der Waals surface area contributed by atoms with E-state index in [4.69, 9.17) is 9.97 Å². The van der Waals surface area contributed by atoms with E-state index >= 15 is 0 Å². The van der Waals surface area contributed by atoms with Gasteiger partial charge in [0.15, 0.2) is 0 Å². The Morgan fingerprint density at radius 3 is 1.96 bits per heavy atom. The number of hydrogen-bond acceptors (Lipinski definition) is 3. The van der Waals surface area contributed by atoms with Crippen LogP contribution in [0.25, 0.3) is 83.9 Å². The van der Waals surface area contributed by atoms with Crippen LogP contribution in [0.4, 0.5) is 0 Å². The third-order valence-electron chi connectivity index (χ3n) is 14.6. The highest BCUT2D eigenvalue weighted by atomic mass is 16.3. The Labute approximate surface area is 405 Å². The lowest BCUT2D eigenvalue weighted by atomic mass is 9.83. The Morgan fingerprint density at radius 1 is 0.559 bits per heavy atom. The summed E-state index contributed by atoms with van der Waals surface area (Å²) in [6, 6.07) is 59.1. The van der Waals surface area contributed by atoms with Crippen molar-refractivity contribution in [3.8, 4) is 78.6 Å². The molecule has 2 aliphatic rings. The van der Waals surface area contributed by atoms with Gasteiger partial charge in [-0.25, -0.2) is 4.98 Å². The zero-order chi connectivity index (χ0) is 48.0. The molecule has 0 spiro atoms. The predicted octanol–water partition coefficient (Wildman–Crippen LogP) is 17.2. The molecule has 2 fully saturated rings. The first-order valence-corrected chi connectivity index (χ1v) is 24.8. The molecular formula is C64H61N3O. The Kier molecular flexibility index (Phi) is 11.2. The van der Waals surface area contributed by atoms with Crippen molar-refractivity contribution >= 4 is 11.0 Å². The average Bonchev–Trinajstić information content (AvgIpc) is 4.09. The second-order valence-electron chi connectivity index (χ2n) is 20.2. The summed E-state index contributed by atoms with van der Waals surface area (Å²) in [7, 11) is 0. The van der Waals surface area contributed by atoms with E-state index in [-0.39, 0.29) is 17.1 Å². The van der Waals surface area contributed by atoms with Gasteiger partial charge in [0.25, 0.3) is 0 Å². The molecule has 7 aromatic carbocycles. The molecule has 0 radical (unpaired) electrons. The van der Waals surface area contributed by atoms with E-state index in [0.717, 1.165) is 92.6 Å². The van der Waals surface area contributed by atoms with Crippen LogP contribution in [-0.2, 0) is 11.8 Å². The van der Waals surface area contributed by atoms with Crippen LogP contribution in [0.5, 0.6) is 5.75 Å². The van der Waals surface area contributed by atoms with Crippen molar-refractivity contribution in [2.45, 2.75) is 96.3 Å². The minimum absolute atomic E-state index is 0.0317. The van der Waals surface area contributed by atoms with Crippen LogP contribution in [0.3, 0.4) is 0 Å². The number of rotatable bonds is 10. The first-order chi connectivity index (χ1) is 34.0. The number of pyridine rings is 1. The second-order valence-corrected chi connectivity index (χ2v) is 20.2. The maximum atomic E-state index is 12.4. The maximum absolute atomic E-state index is 12.4. The van der Waals surface area contributed by atoms with Crippen molar-refractivity contribution < 1.29 is 7.85 Å². The first kappa shape index (κ1) is 41.2. The number of benzene rings is 7. The molecule has 68 heavy (non-hydrogen) atoms. The van der Waals surface area contributed by atoms with Gasteiger partial charge < -0.3 is 5.11 Å². The van der Waals surface area contributed by atoms with E-state index < -0.39 is 6.37 Å². The van der Waals surface area contributed by atoms with E-state index in [1.165, 1.54) is 48.8 Å². The summed E-state index contributed by atoms with van der Waals surface area (Å²) in [4.78, 5) is 10.6. The van der Waals surface area contributed by atoms with Crippen LogP contribution in [0.15, 0.2) is 176 Å². The minimum atomic E-state index is -1.49. The minimum Gasteiger partial charge on any atom is -0.507 e. The number of aromatic hydroxyl groups is 1. The molecule has 2 saturated carbocycles. The summed E-state index contributed by atoms with van der Waals surface area (Å²) in [5.74, 6) is 1.37. The molecule has 4 heteroatoms. The van der Waals surface area contributed by atoms with Crippen LogP contribution >= 0.6 is 0 Å². The number of aromatic nitrogens is 3. The van der Waals surface area contributed by atoms with Gasteiger partial charge in [0, 0.05) is 31.2 Å². The molecule has 2 aliphatic carbocycles. The van der Waals surface area contributed by atoms with Crippen LogP contribution in [-0.4, -0.2) is 19.6 Å². The average molecular weight is 890 g/mol. The van der Waals surface area contributed by atoms with Crippen LogP contribution in [0.2, 0.25) is 0 Å². The number of imidazole rings is 1. The lowest BCUT2D eigenvalue weighted by molar-refractivity contribution is 0.443. The van der Waals surface area contributed by atoms with Crippen molar-refractivity contribution in [3.05, 3.63) is 193 Å². The third kappa shape index (κ3) is 8.69. The van der Waals surface area contributed by atoms with E-state index in [1.54, 1.807) is 0 Å². The molecule has 2 heterocycles. The van der Waals surface area contributed by atoms with Gasteiger partial charge in [0.05, 0.1) is 28.0 Å². The van der Waals surface area contributed by atoms with E-state index in [0.29, 0.717) is 22.9 Å². The molecule has 2 aromatic heterocycles. The van der Waals surface area contributed by atoms with Gasteiger partial charge in [-0.2, -0.15) is 0 Å². The highest BCUT2D eigenvalue weighted by Gasteiger charge is 2.26. The smallest absolute Gasteiger partial charge is 0.149 e. The lowest BCUT2D eigenvalue weighted by Gasteiger charge is -2.22. The third-order valence-corrected chi connectivity index (χ3v) is 14.6. The molecule has 11 rings (SSSR count). The molecule has 0 bridgehead atoms. The topological polar surface area (TPSA) is 50.9 Å². The van der Waals surface area contributed by atoms with Crippen LogP contribution in [0, 0.1) is 5.92 Å². The highest BCUT2D eigenvalue weighted by molar-refractivity contribution is 5.98. The fourth-order valence-corrected chi connectivity index (χ4v) is 10.8. The SMILES string of the molecule is [2H]C([2H])(c1ccc(-n2c(-c3cccc(-c4ccccc4)c3O)nc3c(-c4cc(-c5cc(-c6ccc(C7CCCCC7)cc6)ccn5)cc(C(C)(C)C)c4)cccc32)c(-c2ccccc2)c1)C1CCCC1. The molecule has 0 amide bonds. The highest BCUT2D eigenvalue weighted by Crippen LogP contribution is 2.45. The summed E-state index contributed by atoms with van der Waals surface area (Å²) < 4.78 is 21.1. The van der Waals surface area contributed by atoms with Crippen molar-refractivity contribution in [2.24, 2.45) is 5.92 Å². The van der Waals surface area contributed by atoms with Gasteiger partial charge in [-0.3, -0.25) is 9.55 Å². The number of phenols is 1. The summed E-state index contributed by atoms with van der Waals surface area (Å²) in [5.41, 5.74) is 16.1. The fraction of sp³-hybridized carbons (Fsp3) is 0.250. The van der Waals surface area contributed by atoms with Gasteiger partial charge in [-0.1, -0.05) is 187 Å². The van der Waals surface area contributed by atoms with Gasteiger partial charge >= 0.3 is 0 Å². The van der Waals surface area contributed by atoms with Crippen LogP contribution < -0.4 is 0 Å². The summed E-state index contributed by atoms with van der Waals surface area (Å²) >= 11 is 0. The van der Waals surface area contributed by atoms with Gasteiger partial charge in [-0.05, 0) is 130 Å². The maximum Gasteiger partial charge on any atom is 0.149 e. The Bertz CT molecular complexity index is 3320. The molecule has 0 aliphatic heterocycles. The Morgan fingerprint density at radius 2 is 1.22 bits per heavy atom. The Hall–Kier alpha value is -7.04. The summed E-state index contributed by atoms with van der Waals surface area (Å²) in [6.45, 7) is 6.77. The molecule has 338 valence electrons. The van der Waals surface area contributed by atoms with Crippen molar-refractivity contribution in [2.75, 3.05) is 0 Å². The van der Waals surface area contributed by atoms with E-state index in [9.17, 15) is 7.85 Å². The molecule has 0 unspecified atom stereocenters. The van der Waals surface area contributed by atoms with Gasteiger partial charge in [-0.15, -0.1) is 0 Å². The molecule has 9 aromatic rings. The first-order valence-electron chi connectivity index (χ1n) is 25.8. The van der Waals surface area contributed by atoms with Crippen molar-refractivity contribution in [1.82, 2.24) is 14.5 Å². The number of phenolic OH excluding ortho intramolecular Hbond substituents is 1. The standard InChI is InChI=1S/C64H61N3O/c1-64(2,3)53-40-51(39-52(41-53)58-42-50(35-36-65-58)47-32-30-46(31-33-47)45-19-7-4-8-20-45)54-25-16-28-60-61(54)66-63(56-27-15-26-55(62(56)68)48-21-9-5-10-22-48)67(60)59-34-29-44(37-43-17-13-14-18-43)38-57(59)49-23-11-6-12-24-49/h5-6,9-12,15-16,21-36,38-43,45,68H,4,7-8,13-14,17-20,37H2,1-3H3/i37D2. The monoisotopic (exact) mass is 889 g/mol. The molecule has 0 saturated heterocycles. The summed E-state index contributed by atoms with van der Waals surface area (Å²) in [5, 5.41) is 12.4. The zero-order valence-electron chi connectivity index (χ0n) is 41.6. The van der Waals surface area contributed by atoms with Crippen LogP contribution in [0.1, 0.15) is 104 Å². The fourth-order valence-electron chi connectivity index (χ4n) is 10.8. The number of nitrogens with zero attached hydrogens (tertiary/aromatic N) is 3. The summed E-state index contributed by atoms with van der Waals surface area (Å²) in [6.07, 6.45) is 10.9.